The van der Waals surface area contributed by atoms with Crippen LogP contribution in [0.1, 0.15) is 37.7 Å². The number of fused-ring (bicyclic) bond motifs is 1. The van der Waals surface area contributed by atoms with E-state index in [9.17, 15) is 0 Å². The summed E-state index contributed by atoms with van der Waals surface area (Å²) in [6, 6.07) is 14.3. The lowest BCUT2D eigenvalue weighted by atomic mass is 9.89. The number of aryl methyl sites for hydroxylation is 1. The molecule has 0 aliphatic rings. The summed E-state index contributed by atoms with van der Waals surface area (Å²) in [6.45, 7) is 4.83. The Kier molecular flexibility index (Phi) is 9.20. The van der Waals surface area contributed by atoms with Gasteiger partial charge in [0, 0.05) is 55.2 Å². The third-order valence-corrected chi connectivity index (χ3v) is 7.09. The Labute approximate surface area is 225 Å². The van der Waals surface area contributed by atoms with Gasteiger partial charge in [-0.25, -0.2) is 9.97 Å². The molecule has 8 heteroatoms. The summed E-state index contributed by atoms with van der Waals surface area (Å²) in [6.07, 6.45) is 7.04. The van der Waals surface area contributed by atoms with Crippen molar-refractivity contribution in [3.8, 4) is 17.0 Å². The summed E-state index contributed by atoms with van der Waals surface area (Å²) >= 11 is 0. The van der Waals surface area contributed by atoms with Crippen molar-refractivity contribution < 1.29 is 9.47 Å². The maximum absolute atomic E-state index is 6.63. The molecule has 0 bridgehead atoms. The zero-order chi connectivity index (χ0) is 27.1. The van der Waals surface area contributed by atoms with Crippen LogP contribution >= 0.6 is 0 Å². The third-order valence-electron chi connectivity index (χ3n) is 7.09. The SMILES string of the molecule is CCCC(CCN(C)CCOC)c1cc(OC)c(Nc2nccc(-c3cn(C)c4ccccc34)n2)cc1N. The average Bonchev–Trinajstić information content (AvgIpc) is 3.27. The first-order valence-corrected chi connectivity index (χ1v) is 13.2. The summed E-state index contributed by atoms with van der Waals surface area (Å²) < 4.78 is 13.1. The number of hydrogen-bond donors (Lipinski definition) is 2. The smallest absolute Gasteiger partial charge is 0.227 e. The van der Waals surface area contributed by atoms with Gasteiger partial charge in [-0.1, -0.05) is 31.5 Å². The van der Waals surface area contributed by atoms with Crippen molar-refractivity contribution in [1.82, 2.24) is 19.4 Å². The fourth-order valence-electron chi connectivity index (χ4n) is 5.01. The lowest BCUT2D eigenvalue weighted by Crippen LogP contribution is -2.25. The number of ether oxygens (including phenoxy) is 2. The topological polar surface area (TPSA) is 90.5 Å². The van der Waals surface area contributed by atoms with E-state index < -0.39 is 0 Å². The number of benzene rings is 2. The lowest BCUT2D eigenvalue weighted by molar-refractivity contribution is 0.159. The molecule has 0 saturated heterocycles. The van der Waals surface area contributed by atoms with Gasteiger partial charge in [0.2, 0.25) is 5.95 Å². The summed E-state index contributed by atoms with van der Waals surface area (Å²) in [5, 5.41) is 4.50. The van der Waals surface area contributed by atoms with Crippen molar-refractivity contribution in [2.24, 2.45) is 7.05 Å². The van der Waals surface area contributed by atoms with Crippen molar-refractivity contribution in [1.29, 1.82) is 0 Å². The first-order chi connectivity index (χ1) is 18.4. The highest BCUT2D eigenvalue weighted by Gasteiger charge is 2.19. The molecule has 0 radical (unpaired) electrons. The summed E-state index contributed by atoms with van der Waals surface area (Å²) in [7, 11) is 7.60. The standard InChI is InChI=1S/C30H40N6O2/c1-6-9-21(13-15-35(2)16-17-37-4)23-18-29(38-5)27(19-25(23)31)34-30-32-14-12-26(33-30)24-20-36(3)28-11-8-7-10-22(24)28/h7-8,10-12,14,18-21H,6,9,13,15-17,31H2,1-5H3,(H,32,33,34). The molecule has 2 aromatic carbocycles. The minimum absolute atomic E-state index is 0.346. The Balaban J connectivity index is 1.58. The van der Waals surface area contributed by atoms with Gasteiger partial charge in [0.25, 0.3) is 0 Å². The van der Waals surface area contributed by atoms with Crippen LogP contribution in [0.5, 0.6) is 5.75 Å². The Morgan fingerprint density at radius 3 is 2.68 bits per heavy atom. The van der Waals surface area contributed by atoms with Crippen LogP contribution in [0.15, 0.2) is 54.9 Å². The average molecular weight is 517 g/mol. The molecule has 8 nitrogen and oxygen atoms in total. The van der Waals surface area contributed by atoms with Crippen LogP contribution in [0.25, 0.3) is 22.2 Å². The minimum atomic E-state index is 0.346. The van der Waals surface area contributed by atoms with E-state index in [1.54, 1.807) is 20.4 Å². The number of likely N-dealkylation sites (N-methyl/N-ethyl adjacent to an activating group) is 1. The Hall–Kier alpha value is -3.62. The Morgan fingerprint density at radius 2 is 1.92 bits per heavy atom. The van der Waals surface area contributed by atoms with Gasteiger partial charge in [-0.15, -0.1) is 0 Å². The van der Waals surface area contributed by atoms with Crippen LogP contribution in [0.3, 0.4) is 0 Å². The first kappa shape index (κ1) is 27.4. The van der Waals surface area contributed by atoms with Crippen LogP contribution in [0.4, 0.5) is 17.3 Å². The molecule has 0 amide bonds. The normalized spacial score (nSPS) is 12.3. The molecule has 2 aromatic heterocycles. The predicted octanol–water partition coefficient (Wildman–Crippen LogP) is 5.82. The second kappa shape index (κ2) is 12.8. The van der Waals surface area contributed by atoms with Crippen molar-refractivity contribution >= 4 is 28.2 Å². The molecular formula is C30H40N6O2. The number of nitrogen functional groups attached to an aromatic ring is 1. The van der Waals surface area contributed by atoms with Crippen LogP contribution in [0.2, 0.25) is 0 Å². The molecule has 3 N–H and O–H groups in total. The highest BCUT2D eigenvalue weighted by molar-refractivity contribution is 5.95. The van der Waals surface area contributed by atoms with E-state index in [1.165, 1.54) is 0 Å². The summed E-state index contributed by atoms with van der Waals surface area (Å²) in [5.41, 5.74) is 12.3. The molecule has 0 saturated carbocycles. The van der Waals surface area contributed by atoms with Crippen molar-refractivity contribution in [2.75, 3.05) is 52.0 Å². The molecule has 1 atom stereocenters. The van der Waals surface area contributed by atoms with Crippen molar-refractivity contribution in [3.05, 3.63) is 60.4 Å². The number of para-hydroxylation sites is 1. The van der Waals surface area contributed by atoms with Crippen LogP contribution in [0, 0.1) is 0 Å². The van der Waals surface area contributed by atoms with Gasteiger partial charge in [-0.05, 0) is 62.2 Å². The maximum Gasteiger partial charge on any atom is 0.227 e. The fraction of sp³-hybridized carbons (Fsp3) is 0.400. The van der Waals surface area contributed by atoms with Crippen LogP contribution < -0.4 is 15.8 Å². The van der Waals surface area contributed by atoms with Gasteiger partial charge in [-0.2, -0.15) is 0 Å². The first-order valence-electron chi connectivity index (χ1n) is 13.2. The van der Waals surface area contributed by atoms with Gasteiger partial charge in [0.1, 0.15) is 5.75 Å². The molecule has 2 heterocycles. The van der Waals surface area contributed by atoms with E-state index in [2.05, 4.69) is 58.1 Å². The number of hydrogen-bond acceptors (Lipinski definition) is 7. The summed E-state index contributed by atoms with van der Waals surface area (Å²) in [4.78, 5) is 11.6. The van der Waals surface area contributed by atoms with Gasteiger partial charge in [0.05, 0.1) is 25.1 Å². The molecular weight excluding hydrogens is 476 g/mol. The molecule has 0 aliphatic heterocycles. The number of nitrogens with one attached hydrogen (secondary N) is 1. The minimum Gasteiger partial charge on any atom is -0.495 e. The van der Waals surface area contributed by atoms with Crippen molar-refractivity contribution in [3.63, 3.8) is 0 Å². The van der Waals surface area contributed by atoms with E-state index in [0.29, 0.717) is 11.9 Å². The highest BCUT2D eigenvalue weighted by atomic mass is 16.5. The van der Waals surface area contributed by atoms with Gasteiger partial charge < -0.3 is 30.0 Å². The number of aromatic nitrogens is 3. The molecule has 202 valence electrons. The molecule has 0 spiro atoms. The van der Waals surface area contributed by atoms with E-state index in [-0.39, 0.29) is 0 Å². The van der Waals surface area contributed by atoms with Crippen molar-refractivity contribution in [2.45, 2.75) is 32.1 Å². The highest BCUT2D eigenvalue weighted by Crippen LogP contribution is 2.38. The van der Waals surface area contributed by atoms with E-state index >= 15 is 0 Å². The number of rotatable bonds is 13. The quantitative estimate of drug-likeness (QED) is 0.216. The third kappa shape index (κ3) is 6.26. The maximum atomic E-state index is 6.63. The summed E-state index contributed by atoms with van der Waals surface area (Å²) in [5.74, 6) is 1.56. The number of nitrogens with two attached hydrogens (primary N) is 1. The fourth-order valence-corrected chi connectivity index (χ4v) is 5.01. The van der Waals surface area contributed by atoms with Gasteiger partial charge in [0.15, 0.2) is 0 Å². The van der Waals surface area contributed by atoms with Crippen LogP contribution in [-0.2, 0) is 11.8 Å². The Morgan fingerprint density at radius 1 is 1.11 bits per heavy atom. The zero-order valence-corrected chi connectivity index (χ0v) is 23.2. The molecule has 0 aliphatic carbocycles. The van der Waals surface area contributed by atoms with E-state index in [0.717, 1.165) is 83.8 Å². The molecule has 38 heavy (non-hydrogen) atoms. The van der Waals surface area contributed by atoms with Crippen LogP contribution in [-0.4, -0.2) is 60.4 Å². The largest absolute Gasteiger partial charge is 0.495 e. The predicted molar refractivity (Wildman–Crippen MR) is 156 cm³/mol. The second-order valence-corrected chi connectivity index (χ2v) is 9.81. The number of anilines is 3. The van der Waals surface area contributed by atoms with Gasteiger partial charge >= 0.3 is 0 Å². The zero-order valence-electron chi connectivity index (χ0n) is 23.2. The number of nitrogens with zero attached hydrogens (tertiary/aromatic N) is 4. The molecule has 0 fully saturated rings. The van der Waals surface area contributed by atoms with E-state index in [4.69, 9.17) is 20.2 Å². The number of methoxy groups -OCH3 is 2. The Bertz CT molecular complexity index is 1350. The lowest BCUT2D eigenvalue weighted by Gasteiger charge is -2.24. The van der Waals surface area contributed by atoms with Gasteiger partial charge in [-0.3, -0.25) is 0 Å². The second-order valence-electron chi connectivity index (χ2n) is 9.81. The molecule has 4 aromatic rings. The molecule has 4 rings (SSSR count). The van der Waals surface area contributed by atoms with E-state index in [1.807, 2.05) is 31.3 Å². The monoisotopic (exact) mass is 516 g/mol. The molecule has 1 unspecified atom stereocenters.